The van der Waals surface area contributed by atoms with Crippen LogP contribution in [0.15, 0.2) is 97.2 Å². The molecule has 0 amide bonds. The number of carbonyl (C=O) groups excluding carboxylic acids is 3. The number of rotatable bonds is 52. The fraction of sp³-hybridized carbons (Fsp3) is 0.701. The lowest BCUT2D eigenvalue weighted by Crippen LogP contribution is -2.61. The minimum absolute atomic E-state index is 0.0434. The highest BCUT2D eigenvalue weighted by molar-refractivity contribution is 5.74. The molecule has 450 valence electrons. The monoisotopic (exact) mass is 1110 g/mol. The van der Waals surface area contributed by atoms with Gasteiger partial charge in [0.2, 0.25) is 0 Å². The van der Waals surface area contributed by atoms with Gasteiger partial charge < -0.3 is 39.0 Å². The lowest BCUT2D eigenvalue weighted by Gasteiger charge is -2.40. The summed E-state index contributed by atoms with van der Waals surface area (Å²) in [5.41, 5.74) is 0. The first kappa shape index (κ1) is 72.7. The lowest BCUT2D eigenvalue weighted by molar-refractivity contribution is -0.301. The molecule has 6 atom stereocenters. The Kier molecular flexibility index (Phi) is 49.9. The minimum Gasteiger partial charge on any atom is -0.479 e. The molecule has 1 aliphatic rings. The molecular weight excluding hydrogens is 997 g/mol. The third kappa shape index (κ3) is 44.0. The summed E-state index contributed by atoms with van der Waals surface area (Å²) < 4.78 is 28.5. The number of carboxylic acids is 1. The van der Waals surface area contributed by atoms with Gasteiger partial charge in [-0.25, -0.2) is 4.79 Å². The van der Waals surface area contributed by atoms with Gasteiger partial charge in [-0.1, -0.05) is 214 Å². The van der Waals surface area contributed by atoms with E-state index in [0.717, 1.165) is 154 Å². The number of esters is 3. The van der Waals surface area contributed by atoms with Crippen molar-refractivity contribution in [2.24, 2.45) is 0 Å². The second-order valence-corrected chi connectivity index (χ2v) is 20.9. The van der Waals surface area contributed by atoms with Crippen molar-refractivity contribution in [2.45, 2.75) is 289 Å². The molecule has 1 aliphatic heterocycles. The molecule has 0 aromatic carbocycles. The molecular formula is C67H110O12. The molecule has 0 radical (unpaired) electrons. The largest absolute Gasteiger partial charge is 0.479 e. The van der Waals surface area contributed by atoms with Gasteiger partial charge >= 0.3 is 23.9 Å². The predicted octanol–water partition coefficient (Wildman–Crippen LogP) is 16.5. The maximum absolute atomic E-state index is 13.2. The van der Waals surface area contributed by atoms with E-state index >= 15 is 0 Å². The van der Waals surface area contributed by atoms with E-state index in [4.69, 9.17) is 23.7 Å². The van der Waals surface area contributed by atoms with Crippen LogP contribution in [0.1, 0.15) is 252 Å². The normalized spacial score (nSPS) is 18.5. The molecule has 12 heteroatoms. The highest BCUT2D eigenvalue weighted by Crippen LogP contribution is 2.26. The van der Waals surface area contributed by atoms with E-state index in [-0.39, 0.29) is 25.9 Å². The minimum atomic E-state index is -1.91. The summed E-state index contributed by atoms with van der Waals surface area (Å²) in [5.74, 6) is -3.18. The van der Waals surface area contributed by atoms with Crippen LogP contribution < -0.4 is 0 Å². The Balaban J connectivity index is 2.71. The van der Waals surface area contributed by atoms with Gasteiger partial charge in [0.25, 0.3) is 0 Å². The number of aliphatic hydroxyl groups excluding tert-OH is 2. The van der Waals surface area contributed by atoms with Crippen LogP contribution in [0, 0.1) is 0 Å². The predicted molar refractivity (Wildman–Crippen MR) is 321 cm³/mol. The topological polar surface area (TPSA) is 175 Å². The maximum atomic E-state index is 13.2. The van der Waals surface area contributed by atoms with Crippen molar-refractivity contribution in [1.29, 1.82) is 0 Å². The number of carbonyl (C=O) groups is 4. The van der Waals surface area contributed by atoms with E-state index in [2.05, 4.69) is 118 Å². The average molecular weight is 1110 g/mol. The van der Waals surface area contributed by atoms with Gasteiger partial charge in [-0.05, 0) is 116 Å². The summed E-state index contributed by atoms with van der Waals surface area (Å²) in [7, 11) is 0. The van der Waals surface area contributed by atoms with Crippen molar-refractivity contribution >= 4 is 23.9 Å². The molecule has 79 heavy (non-hydrogen) atoms. The smallest absolute Gasteiger partial charge is 0.335 e. The highest BCUT2D eigenvalue weighted by Gasteiger charge is 2.50. The van der Waals surface area contributed by atoms with E-state index in [9.17, 15) is 34.5 Å². The molecule has 6 unspecified atom stereocenters. The lowest BCUT2D eigenvalue weighted by atomic mass is 9.98. The van der Waals surface area contributed by atoms with Crippen LogP contribution in [-0.4, -0.2) is 89.2 Å². The third-order valence-electron chi connectivity index (χ3n) is 13.6. The zero-order chi connectivity index (χ0) is 57.5. The van der Waals surface area contributed by atoms with Gasteiger partial charge in [-0.2, -0.15) is 0 Å². The summed E-state index contributed by atoms with van der Waals surface area (Å²) in [6.45, 7) is 5.74. The molecule has 3 N–H and O–H groups in total. The van der Waals surface area contributed by atoms with Gasteiger partial charge in [0.1, 0.15) is 18.8 Å². The van der Waals surface area contributed by atoms with Crippen molar-refractivity contribution in [2.75, 3.05) is 13.2 Å². The Morgan fingerprint density at radius 2 is 0.797 bits per heavy atom. The SMILES string of the molecule is CC/C=C\C/C=C\C/C=C\C/C=C\CCCCCCC(=O)OCC(COC1OC(C(=O)O)C(O)C(O)C1OC(=O)CCCCCCC/C=C\CCCCCCCC)OC(=O)CCCCCCCCC/C=C\C/C=C\C/C=C\CC. The van der Waals surface area contributed by atoms with Crippen LogP contribution in [0.3, 0.4) is 0 Å². The number of carboxylic acid groups (broad SMARTS) is 1. The number of hydrogen-bond acceptors (Lipinski definition) is 11. The second kappa shape index (κ2) is 54.2. The average Bonchev–Trinajstić information content (AvgIpc) is 3.46. The first-order valence-electron chi connectivity index (χ1n) is 31.2. The summed E-state index contributed by atoms with van der Waals surface area (Å²) >= 11 is 0. The Hall–Kier alpha value is -4.36. The third-order valence-corrected chi connectivity index (χ3v) is 13.6. The Morgan fingerprint density at radius 3 is 1.23 bits per heavy atom. The summed E-state index contributed by atoms with van der Waals surface area (Å²) in [5, 5.41) is 31.5. The molecule has 0 aromatic rings. The number of unbranched alkanes of at least 4 members (excludes halogenated alkanes) is 22. The standard InChI is InChI=1S/C67H110O12/c1-4-7-10-13-16-19-22-25-28-30-33-35-38-41-44-47-50-53-59(68)75-56-58(77-60(69)54-51-48-45-42-39-37-34-31-29-26-23-20-17-14-11-8-5-2)57-76-67-65(63(72)62(71)64(79-67)66(73)74)78-61(70)55-52-49-46-43-40-36-32-27-24-21-18-15-12-9-6-3/h7-8,10-11,16-17,19-20,25-29,32-33,35,58,62-65,67,71-72H,4-6,9,12-15,18,21-24,30-31,34,36-57H2,1-3H3,(H,73,74)/b10-7-,11-8-,19-16-,20-17-,28-25-,29-26-,32-27-,35-33-. The Labute approximate surface area is 479 Å². The van der Waals surface area contributed by atoms with Crippen LogP contribution in [0.2, 0.25) is 0 Å². The fourth-order valence-corrected chi connectivity index (χ4v) is 8.90. The molecule has 1 saturated heterocycles. The molecule has 0 spiro atoms. The molecule has 1 rings (SSSR count). The number of aliphatic carboxylic acids is 1. The quantitative estimate of drug-likeness (QED) is 0.0228. The summed E-state index contributed by atoms with van der Waals surface area (Å²) in [6, 6.07) is 0. The fourth-order valence-electron chi connectivity index (χ4n) is 8.90. The van der Waals surface area contributed by atoms with E-state index < -0.39 is 67.3 Å². The van der Waals surface area contributed by atoms with Crippen molar-refractivity contribution in [3.63, 3.8) is 0 Å². The molecule has 1 fully saturated rings. The summed E-state index contributed by atoms with van der Waals surface area (Å²) in [4.78, 5) is 51.3. The van der Waals surface area contributed by atoms with Crippen molar-refractivity contribution in [3.05, 3.63) is 97.2 Å². The maximum Gasteiger partial charge on any atom is 0.335 e. The Morgan fingerprint density at radius 1 is 0.430 bits per heavy atom. The highest BCUT2D eigenvalue weighted by atomic mass is 16.7. The van der Waals surface area contributed by atoms with E-state index in [1.807, 2.05) is 0 Å². The van der Waals surface area contributed by atoms with Gasteiger partial charge in [0.05, 0.1) is 6.61 Å². The number of aliphatic hydroxyl groups is 2. The van der Waals surface area contributed by atoms with Gasteiger partial charge in [0.15, 0.2) is 24.6 Å². The molecule has 0 bridgehead atoms. The van der Waals surface area contributed by atoms with Crippen LogP contribution in [0.5, 0.6) is 0 Å². The van der Waals surface area contributed by atoms with Crippen LogP contribution >= 0.6 is 0 Å². The second-order valence-electron chi connectivity index (χ2n) is 20.9. The number of allylic oxidation sites excluding steroid dienone is 16. The van der Waals surface area contributed by atoms with Gasteiger partial charge in [0, 0.05) is 19.3 Å². The van der Waals surface area contributed by atoms with Crippen molar-refractivity contribution in [1.82, 2.24) is 0 Å². The van der Waals surface area contributed by atoms with Crippen LogP contribution in [0.4, 0.5) is 0 Å². The van der Waals surface area contributed by atoms with Crippen LogP contribution in [-0.2, 0) is 42.9 Å². The van der Waals surface area contributed by atoms with Crippen LogP contribution in [0.25, 0.3) is 0 Å². The van der Waals surface area contributed by atoms with Crippen molar-refractivity contribution < 1.29 is 58.2 Å². The number of hydrogen-bond donors (Lipinski definition) is 3. The zero-order valence-corrected chi connectivity index (χ0v) is 49.6. The number of ether oxygens (including phenoxy) is 5. The first-order valence-corrected chi connectivity index (χ1v) is 31.2. The van der Waals surface area contributed by atoms with Crippen molar-refractivity contribution in [3.8, 4) is 0 Å². The molecule has 0 aliphatic carbocycles. The van der Waals surface area contributed by atoms with E-state index in [1.165, 1.54) is 38.5 Å². The zero-order valence-electron chi connectivity index (χ0n) is 49.6. The van der Waals surface area contributed by atoms with E-state index in [0.29, 0.717) is 19.3 Å². The molecule has 12 nitrogen and oxygen atoms in total. The van der Waals surface area contributed by atoms with Gasteiger partial charge in [-0.3, -0.25) is 14.4 Å². The Bertz CT molecular complexity index is 1740. The summed E-state index contributed by atoms with van der Waals surface area (Å²) in [6.07, 6.45) is 59.3. The first-order chi connectivity index (χ1) is 38.6. The van der Waals surface area contributed by atoms with E-state index in [1.54, 1.807) is 0 Å². The molecule has 1 heterocycles. The molecule has 0 saturated carbocycles. The van der Waals surface area contributed by atoms with Gasteiger partial charge in [-0.15, -0.1) is 0 Å². The molecule has 0 aromatic heterocycles.